The molecule has 0 radical (unpaired) electrons. The first-order valence-electron chi connectivity index (χ1n) is 9.80. The minimum atomic E-state index is -3.72. The topological polar surface area (TPSA) is 86.9 Å². The molecule has 0 atom stereocenters. The van der Waals surface area contributed by atoms with Crippen LogP contribution in [0.1, 0.15) is 12.8 Å². The van der Waals surface area contributed by atoms with Crippen molar-refractivity contribution in [3.63, 3.8) is 0 Å². The summed E-state index contributed by atoms with van der Waals surface area (Å²) in [7, 11) is -3.72. The Balaban J connectivity index is 0.00000218. The van der Waals surface area contributed by atoms with E-state index in [1.165, 1.54) is 0 Å². The molecule has 1 aromatic heterocycles. The highest BCUT2D eigenvalue weighted by Gasteiger charge is 2.24. The van der Waals surface area contributed by atoms with Crippen LogP contribution >= 0.6 is 12.4 Å². The van der Waals surface area contributed by atoms with Crippen LogP contribution in [0.2, 0.25) is 0 Å². The number of nitrogens with zero attached hydrogens (tertiary/aromatic N) is 1. The van der Waals surface area contributed by atoms with Crippen LogP contribution in [0, 0.1) is 0 Å². The molecular weight excluding hydrogens is 420 g/mol. The number of rotatable bonds is 4. The lowest BCUT2D eigenvalue weighted by molar-refractivity contribution is 0.479. The molecule has 4 aromatic rings. The van der Waals surface area contributed by atoms with Crippen LogP contribution in [0.3, 0.4) is 0 Å². The molecule has 0 saturated carbocycles. The van der Waals surface area contributed by atoms with Crippen LogP contribution in [-0.4, -0.2) is 37.7 Å². The monoisotopic (exact) mass is 442 g/mol. The summed E-state index contributed by atoms with van der Waals surface area (Å²) in [5, 5.41) is 16.5. The fourth-order valence-electron chi connectivity index (χ4n) is 3.94. The Labute approximate surface area is 181 Å². The largest absolute Gasteiger partial charge is 0.382 e. The first kappa shape index (κ1) is 20.7. The molecule has 0 bridgehead atoms. The second-order valence-corrected chi connectivity index (χ2v) is 9.35. The van der Waals surface area contributed by atoms with Crippen LogP contribution in [0.5, 0.6) is 0 Å². The van der Waals surface area contributed by atoms with Crippen molar-refractivity contribution in [3.05, 3.63) is 60.7 Å². The second-order valence-electron chi connectivity index (χ2n) is 7.47. The molecule has 1 aliphatic heterocycles. The van der Waals surface area contributed by atoms with Crippen molar-refractivity contribution in [3.8, 4) is 0 Å². The Morgan fingerprint density at radius 2 is 1.70 bits per heavy atom. The predicted molar refractivity (Wildman–Crippen MR) is 122 cm³/mol. The Morgan fingerprint density at radius 1 is 0.933 bits per heavy atom. The van der Waals surface area contributed by atoms with E-state index in [4.69, 9.17) is 0 Å². The van der Waals surface area contributed by atoms with Crippen molar-refractivity contribution in [2.75, 3.05) is 18.4 Å². The molecule has 5 rings (SSSR count). The summed E-state index contributed by atoms with van der Waals surface area (Å²) < 4.78 is 26.7. The van der Waals surface area contributed by atoms with E-state index in [1.807, 2.05) is 48.5 Å². The molecule has 1 aliphatic rings. The van der Waals surface area contributed by atoms with Gasteiger partial charge in [0, 0.05) is 17.1 Å². The molecule has 0 spiro atoms. The lowest BCUT2D eigenvalue weighted by atomic mass is 10.1. The summed E-state index contributed by atoms with van der Waals surface area (Å²) in [6.45, 7) is 1.99. The van der Waals surface area contributed by atoms with Gasteiger partial charge in [-0.3, -0.25) is 5.10 Å². The number of aromatic amines is 1. The fraction of sp³-hybridized carbons (Fsp3) is 0.227. The van der Waals surface area contributed by atoms with E-state index < -0.39 is 9.84 Å². The number of aromatic nitrogens is 2. The van der Waals surface area contributed by atoms with Gasteiger partial charge in [0.05, 0.1) is 10.4 Å². The Hall–Kier alpha value is -2.61. The molecule has 30 heavy (non-hydrogen) atoms. The van der Waals surface area contributed by atoms with Gasteiger partial charge in [-0.15, -0.1) is 12.4 Å². The number of hydrogen-bond acceptors (Lipinski definition) is 5. The van der Waals surface area contributed by atoms with Crippen molar-refractivity contribution < 1.29 is 8.42 Å². The molecule has 156 valence electrons. The number of benzene rings is 3. The summed E-state index contributed by atoms with van der Waals surface area (Å²) in [5.41, 5.74) is 1.56. The van der Waals surface area contributed by atoms with Gasteiger partial charge in [0.2, 0.25) is 9.84 Å². The number of halogens is 1. The van der Waals surface area contributed by atoms with Gasteiger partial charge in [-0.05, 0) is 67.0 Å². The van der Waals surface area contributed by atoms with Gasteiger partial charge in [0.25, 0.3) is 0 Å². The Kier molecular flexibility index (Phi) is 5.69. The third-order valence-electron chi connectivity index (χ3n) is 5.53. The number of piperidine rings is 1. The van der Waals surface area contributed by atoms with Gasteiger partial charge >= 0.3 is 0 Å². The van der Waals surface area contributed by atoms with Crippen molar-refractivity contribution in [1.82, 2.24) is 15.5 Å². The van der Waals surface area contributed by atoms with Crippen molar-refractivity contribution in [2.45, 2.75) is 28.8 Å². The maximum atomic E-state index is 13.4. The van der Waals surface area contributed by atoms with E-state index in [0.29, 0.717) is 16.9 Å². The summed E-state index contributed by atoms with van der Waals surface area (Å²) in [6, 6.07) is 19.0. The van der Waals surface area contributed by atoms with E-state index in [-0.39, 0.29) is 22.3 Å². The third-order valence-corrected chi connectivity index (χ3v) is 7.25. The number of fused-ring (bicyclic) bond motifs is 2. The average Bonchev–Trinajstić information content (AvgIpc) is 3.18. The zero-order chi connectivity index (χ0) is 19.8. The third kappa shape index (κ3) is 3.76. The smallest absolute Gasteiger partial charge is 0.223 e. The van der Waals surface area contributed by atoms with Crippen molar-refractivity contribution in [1.29, 1.82) is 0 Å². The minimum Gasteiger partial charge on any atom is -0.382 e. The standard InChI is InChI=1S/C22H22N4O2S.ClH/c27-29(28,19-7-5-15-3-1-2-4-16(15)13-19)22-20-14-18(6-8-21(20)25-26-22)24-17-9-11-23-12-10-17;/h1-8,13-14,17,23-24H,9-12H2,(H,25,26);1H. The summed E-state index contributed by atoms with van der Waals surface area (Å²) in [6.07, 6.45) is 2.09. The molecule has 1 saturated heterocycles. The van der Waals surface area contributed by atoms with Gasteiger partial charge in [-0.1, -0.05) is 30.3 Å². The highest BCUT2D eigenvalue weighted by molar-refractivity contribution is 7.91. The van der Waals surface area contributed by atoms with Crippen LogP contribution in [0.15, 0.2) is 70.6 Å². The summed E-state index contributed by atoms with van der Waals surface area (Å²) in [4.78, 5) is 0.262. The quantitative estimate of drug-likeness (QED) is 0.442. The second kappa shape index (κ2) is 8.26. The van der Waals surface area contributed by atoms with E-state index in [0.717, 1.165) is 42.4 Å². The van der Waals surface area contributed by atoms with Gasteiger partial charge in [-0.2, -0.15) is 5.10 Å². The van der Waals surface area contributed by atoms with E-state index in [2.05, 4.69) is 20.8 Å². The number of nitrogens with one attached hydrogen (secondary N) is 3. The maximum Gasteiger partial charge on any atom is 0.223 e. The van der Waals surface area contributed by atoms with Gasteiger partial charge in [0.15, 0.2) is 5.03 Å². The normalized spacial score (nSPS) is 15.2. The Morgan fingerprint density at radius 3 is 2.50 bits per heavy atom. The SMILES string of the molecule is Cl.O=S(=O)(c1ccc2ccccc2c1)c1[nH]nc2ccc(NC3CCNCC3)cc12. The van der Waals surface area contributed by atoms with Gasteiger partial charge < -0.3 is 10.6 Å². The zero-order valence-electron chi connectivity index (χ0n) is 16.3. The van der Waals surface area contributed by atoms with Crippen LogP contribution in [0.4, 0.5) is 5.69 Å². The van der Waals surface area contributed by atoms with Gasteiger partial charge in [0.1, 0.15) is 0 Å². The molecule has 6 nitrogen and oxygen atoms in total. The van der Waals surface area contributed by atoms with E-state index in [1.54, 1.807) is 12.1 Å². The number of hydrogen-bond donors (Lipinski definition) is 3. The van der Waals surface area contributed by atoms with E-state index >= 15 is 0 Å². The highest BCUT2D eigenvalue weighted by atomic mass is 35.5. The number of anilines is 1. The minimum absolute atomic E-state index is 0. The maximum absolute atomic E-state index is 13.4. The molecular formula is C22H23ClN4O2S. The lowest BCUT2D eigenvalue weighted by Crippen LogP contribution is -2.35. The fourth-order valence-corrected chi connectivity index (χ4v) is 5.32. The number of H-pyrrole nitrogens is 1. The zero-order valence-corrected chi connectivity index (χ0v) is 17.9. The molecule has 0 unspecified atom stereocenters. The number of sulfone groups is 1. The first-order valence-corrected chi connectivity index (χ1v) is 11.3. The van der Waals surface area contributed by atoms with Crippen LogP contribution in [0.25, 0.3) is 21.7 Å². The van der Waals surface area contributed by atoms with Crippen LogP contribution in [-0.2, 0) is 9.84 Å². The first-order chi connectivity index (χ1) is 14.1. The van der Waals surface area contributed by atoms with E-state index in [9.17, 15) is 8.42 Å². The molecule has 3 N–H and O–H groups in total. The van der Waals surface area contributed by atoms with Crippen LogP contribution < -0.4 is 10.6 Å². The molecule has 8 heteroatoms. The van der Waals surface area contributed by atoms with Crippen molar-refractivity contribution in [2.24, 2.45) is 0 Å². The molecule has 2 heterocycles. The predicted octanol–water partition coefficient (Wildman–Crippen LogP) is 4.13. The summed E-state index contributed by atoms with van der Waals surface area (Å²) in [5.74, 6) is 0. The molecule has 0 amide bonds. The van der Waals surface area contributed by atoms with Crippen molar-refractivity contribution >= 4 is 49.6 Å². The lowest BCUT2D eigenvalue weighted by Gasteiger charge is -2.24. The average molecular weight is 443 g/mol. The molecule has 0 aliphatic carbocycles. The van der Waals surface area contributed by atoms with Gasteiger partial charge in [-0.25, -0.2) is 8.42 Å². The molecule has 3 aromatic carbocycles. The Bertz CT molecular complexity index is 1300. The highest BCUT2D eigenvalue weighted by Crippen LogP contribution is 2.30. The summed E-state index contributed by atoms with van der Waals surface area (Å²) >= 11 is 0. The molecule has 1 fully saturated rings.